The predicted octanol–water partition coefficient (Wildman–Crippen LogP) is 5.54. The van der Waals surface area contributed by atoms with Gasteiger partial charge in [-0.25, -0.2) is 9.78 Å². The molecule has 0 spiro atoms. The van der Waals surface area contributed by atoms with Crippen LogP contribution in [0.4, 0.5) is 0 Å². The Hall–Kier alpha value is -2.70. The van der Waals surface area contributed by atoms with Crippen molar-refractivity contribution in [3.63, 3.8) is 0 Å². The van der Waals surface area contributed by atoms with Gasteiger partial charge < -0.3 is 9.52 Å². The number of aromatic nitrogens is 1. The summed E-state index contributed by atoms with van der Waals surface area (Å²) in [6.07, 6.45) is 4.66. The van der Waals surface area contributed by atoms with Gasteiger partial charge in [0.15, 0.2) is 0 Å². The Bertz CT molecular complexity index is 1240. The van der Waals surface area contributed by atoms with Gasteiger partial charge in [-0.3, -0.25) is 4.90 Å². The van der Waals surface area contributed by atoms with Crippen LogP contribution in [-0.4, -0.2) is 27.6 Å². The van der Waals surface area contributed by atoms with E-state index in [-0.39, 0.29) is 5.75 Å². The van der Waals surface area contributed by atoms with Crippen LogP contribution in [0.5, 0.6) is 5.75 Å². The number of thiazole rings is 1. The summed E-state index contributed by atoms with van der Waals surface area (Å²) < 4.78 is 6.83. The van der Waals surface area contributed by atoms with E-state index in [1.165, 1.54) is 24.2 Å². The summed E-state index contributed by atoms with van der Waals surface area (Å²) in [5.74, 6) is 0.179. The van der Waals surface area contributed by atoms with Gasteiger partial charge in [0.1, 0.15) is 16.3 Å². The number of nitrogens with zero attached hydrogens (tertiary/aromatic N) is 2. The van der Waals surface area contributed by atoms with E-state index < -0.39 is 5.63 Å². The van der Waals surface area contributed by atoms with Crippen LogP contribution in [0.1, 0.15) is 38.2 Å². The molecule has 154 valence electrons. The van der Waals surface area contributed by atoms with Crippen molar-refractivity contribution in [3.05, 3.63) is 58.4 Å². The Morgan fingerprint density at radius 2 is 2.10 bits per heavy atom. The van der Waals surface area contributed by atoms with Crippen molar-refractivity contribution in [1.29, 1.82) is 0 Å². The zero-order chi connectivity index (χ0) is 20.7. The van der Waals surface area contributed by atoms with Crippen LogP contribution in [0.25, 0.3) is 31.8 Å². The number of hydrogen-bond acceptors (Lipinski definition) is 6. The molecule has 30 heavy (non-hydrogen) atoms. The van der Waals surface area contributed by atoms with E-state index in [4.69, 9.17) is 4.42 Å². The molecule has 5 rings (SSSR count). The molecule has 0 bridgehead atoms. The van der Waals surface area contributed by atoms with Crippen molar-refractivity contribution in [2.75, 3.05) is 6.54 Å². The van der Waals surface area contributed by atoms with Crippen LogP contribution in [0, 0.1) is 0 Å². The molecule has 5 nitrogen and oxygen atoms in total. The molecule has 1 fully saturated rings. The SMILES string of the molecule is CC[C@H]1CCCCN1Cc1c(O)ccc2cc(-c3nc4ccccc4s3)c(=O)oc12. The highest BCUT2D eigenvalue weighted by Gasteiger charge is 2.24. The van der Waals surface area contributed by atoms with Gasteiger partial charge >= 0.3 is 5.63 Å². The molecule has 0 radical (unpaired) electrons. The summed E-state index contributed by atoms with van der Waals surface area (Å²) in [5.41, 5.74) is 2.09. The lowest BCUT2D eigenvalue weighted by Crippen LogP contribution is -2.38. The van der Waals surface area contributed by atoms with E-state index in [9.17, 15) is 9.90 Å². The van der Waals surface area contributed by atoms with Crippen LogP contribution in [0.3, 0.4) is 0 Å². The fourth-order valence-electron chi connectivity index (χ4n) is 4.45. The zero-order valence-electron chi connectivity index (χ0n) is 16.9. The number of rotatable bonds is 4. The van der Waals surface area contributed by atoms with Crippen molar-refractivity contribution < 1.29 is 9.52 Å². The highest BCUT2D eigenvalue weighted by Crippen LogP contribution is 2.34. The molecular weight excluding hydrogens is 396 g/mol. The van der Waals surface area contributed by atoms with Crippen LogP contribution < -0.4 is 5.63 Å². The van der Waals surface area contributed by atoms with Gasteiger partial charge in [0.2, 0.25) is 0 Å². The Kier molecular flexibility index (Phi) is 5.05. The van der Waals surface area contributed by atoms with E-state index in [2.05, 4.69) is 16.8 Å². The first kappa shape index (κ1) is 19.3. The molecule has 1 atom stereocenters. The predicted molar refractivity (Wildman–Crippen MR) is 121 cm³/mol. The van der Waals surface area contributed by atoms with Crippen molar-refractivity contribution in [2.24, 2.45) is 0 Å². The lowest BCUT2D eigenvalue weighted by Gasteiger charge is -2.35. The first-order valence-corrected chi connectivity index (χ1v) is 11.3. The Balaban J connectivity index is 1.59. The first-order chi connectivity index (χ1) is 14.6. The molecule has 6 heteroatoms. The maximum absolute atomic E-state index is 12.9. The van der Waals surface area contributed by atoms with E-state index in [1.54, 1.807) is 12.1 Å². The molecule has 2 aromatic carbocycles. The van der Waals surface area contributed by atoms with E-state index in [1.807, 2.05) is 30.3 Å². The number of hydrogen-bond donors (Lipinski definition) is 1. The minimum atomic E-state index is -0.418. The van der Waals surface area contributed by atoms with Crippen LogP contribution in [0.15, 0.2) is 51.7 Å². The van der Waals surface area contributed by atoms with Crippen LogP contribution in [0.2, 0.25) is 0 Å². The summed E-state index contributed by atoms with van der Waals surface area (Å²) >= 11 is 1.48. The Morgan fingerprint density at radius 1 is 1.23 bits per heavy atom. The fourth-order valence-corrected chi connectivity index (χ4v) is 5.42. The van der Waals surface area contributed by atoms with E-state index in [0.29, 0.717) is 34.3 Å². The van der Waals surface area contributed by atoms with Gasteiger partial charge in [0.05, 0.1) is 21.3 Å². The molecule has 1 aliphatic heterocycles. The van der Waals surface area contributed by atoms with Gasteiger partial charge in [-0.15, -0.1) is 11.3 Å². The third-order valence-corrected chi connectivity index (χ3v) is 7.16. The monoisotopic (exact) mass is 420 g/mol. The maximum atomic E-state index is 12.9. The minimum absolute atomic E-state index is 0.179. The molecule has 1 saturated heterocycles. The number of likely N-dealkylation sites (tertiary alicyclic amines) is 1. The largest absolute Gasteiger partial charge is 0.507 e. The molecule has 1 N–H and O–H groups in total. The quantitative estimate of drug-likeness (QED) is 0.439. The van der Waals surface area contributed by atoms with Gasteiger partial charge in [-0.1, -0.05) is 25.5 Å². The number of phenols is 1. The number of para-hydroxylation sites is 1. The number of phenolic OH excluding ortho intramolecular Hbond substituents is 1. The van der Waals surface area contributed by atoms with Crippen molar-refractivity contribution in [1.82, 2.24) is 9.88 Å². The third-order valence-electron chi connectivity index (χ3n) is 6.09. The summed E-state index contributed by atoms with van der Waals surface area (Å²) in [5, 5.41) is 12.0. The average Bonchev–Trinajstić information content (AvgIpc) is 3.20. The van der Waals surface area contributed by atoms with Gasteiger partial charge in [-0.2, -0.15) is 0 Å². The summed E-state index contributed by atoms with van der Waals surface area (Å²) in [6, 6.07) is 13.7. The fraction of sp³-hybridized carbons (Fsp3) is 0.333. The highest BCUT2D eigenvalue weighted by molar-refractivity contribution is 7.21. The lowest BCUT2D eigenvalue weighted by atomic mass is 9.98. The molecule has 0 unspecified atom stereocenters. The molecule has 1 aliphatic rings. The van der Waals surface area contributed by atoms with Crippen LogP contribution in [-0.2, 0) is 6.54 Å². The van der Waals surface area contributed by atoms with Gasteiger partial charge in [-0.05, 0) is 56.1 Å². The van der Waals surface area contributed by atoms with Crippen molar-refractivity contribution in [2.45, 2.75) is 45.2 Å². The summed E-state index contributed by atoms with van der Waals surface area (Å²) in [4.78, 5) is 19.9. The highest BCUT2D eigenvalue weighted by atomic mass is 32.1. The number of piperidine rings is 1. The summed E-state index contributed by atoms with van der Waals surface area (Å²) in [6.45, 7) is 3.80. The molecule has 0 saturated carbocycles. The smallest absolute Gasteiger partial charge is 0.346 e. The third kappa shape index (κ3) is 3.40. The Labute approximate surface area is 178 Å². The Morgan fingerprint density at radius 3 is 2.93 bits per heavy atom. The topological polar surface area (TPSA) is 66.6 Å². The second-order valence-electron chi connectivity index (χ2n) is 7.94. The molecule has 4 aromatic rings. The summed E-state index contributed by atoms with van der Waals surface area (Å²) in [7, 11) is 0. The maximum Gasteiger partial charge on any atom is 0.346 e. The first-order valence-electron chi connectivity index (χ1n) is 10.5. The molecule has 0 aliphatic carbocycles. The van der Waals surface area contributed by atoms with Gasteiger partial charge in [0.25, 0.3) is 0 Å². The number of benzene rings is 2. The zero-order valence-corrected chi connectivity index (χ0v) is 17.7. The molecule has 0 amide bonds. The van der Waals surface area contributed by atoms with E-state index >= 15 is 0 Å². The van der Waals surface area contributed by atoms with Crippen molar-refractivity contribution in [3.8, 4) is 16.3 Å². The van der Waals surface area contributed by atoms with E-state index in [0.717, 1.165) is 35.0 Å². The molecule has 2 aromatic heterocycles. The molecular formula is C24H24N2O3S. The van der Waals surface area contributed by atoms with Crippen molar-refractivity contribution >= 4 is 32.5 Å². The minimum Gasteiger partial charge on any atom is -0.507 e. The number of fused-ring (bicyclic) bond motifs is 2. The van der Waals surface area contributed by atoms with Crippen LogP contribution >= 0.6 is 11.3 Å². The second-order valence-corrected chi connectivity index (χ2v) is 8.97. The normalized spacial score (nSPS) is 17.7. The second kappa shape index (κ2) is 7.85. The number of aromatic hydroxyl groups is 1. The molecule has 3 heterocycles. The standard InChI is InChI=1S/C24H24N2O3S/c1-2-16-7-5-6-12-26(16)14-18-20(27)11-10-15-13-17(24(28)29-22(15)18)23-25-19-8-3-4-9-21(19)30-23/h3-4,8-11,13,16,27H,2,5-7,12,14H2,1H3/t16-/m0/s1. The van der Waals surface area contributed by atoms with Gasteiger partial charge in [0, 0.05) is 18.0 Å². The lowest BCUT2D eigenvalue weighted by molar-refractivity contribution is 0.135. The average molecular weight is 421 g/mol.